The number of carbonyl (C=O) groups excluding carboxylic acids is 3. The van der Waals surface area contributed by atoms with Gasteiger partial charge >= 0.3 is 0 Å². The van der Waals surface area contributed by atoms with E-state index in [0.717, 1.165) is 10.5 Å². The van der Waals surface area contributed by atoms with Gasteiger partial charge < -0.3 is 5.32 Å². The molecule has 27 heavy (non-hydrogen) atoms. The lowest BCUT2D eigenvalue weighted by Crippen LogP contribution is -2.29. The molecule has 0 fully saturated rings. The minimum absolute atomic E-state index is 0.237. The molecule has 5 nitrogen and oxygen atoms in total. The molecular formula is C22H16N2O3. The molecule has 0 saturated carbocycles. The summed E-state index contributed by atoms with van der Waals surface area (Å²) in [6, 6.07) is 20.8. The summed E-state index contributed by atoms with van der Waals surface area (Å²) < 4.78 is 0. The molecular weight excluding hydrogens is 340 g/mol. The van der Waals surface area contributed by atoms with Gasteiger partial charge in [0.05, 0.1) is 16.8 Å². The van der Waals surface area contributed by atoms with Crippen LogP contribution in [0.5, 0.6) is 0 Å². The normalized spacial score (nSPS) is 12.9. The molecule has 3 aromatic carbocycles. The lowest BCUT2D eigenvalue weighted by atomic mass is 10.0. The average Bonchev–Trinajstić information content (AvgIpc) is 2.94. The standard InChI is InChI=1S/C22H16N2O3/c1-14-7-5-6-10-19(14)23-20(25)15-11-12-17-18(13-15)22(27)24(21(17)26)16-8-3-2-4-9-16/h2-13H,1H3,(H,23,25). The number of fused-ring (bicyclic) bond motifs is 1. The van der Waals surface area contributed by atoms with Crippen molar-refractivity contribution in [3.05, 3.63) is 95.1 Å². The van der Waals surface area contributed by atoms with Gasteiger partial charge in [-0.1, -0.05) is 36.4 Å². The van der Waals surface area contributed by atoms with Crippen LogP contribution in [0.1, 0.15) is 36.6 Å². The summed E-state index contributed by atoms with van der Waals surface area (Å²) in [5, 5.41) is 2.84. The molecule has 0 radical (unpaired) electrons. The largest absolute Gasteiger partial charge is 0.322 e. The van der Waals surface area contributed by atoms with Crippen LogP contribution in [0.25, 0.3) is 0 Å². The maximum absolute atomic E-state index is 12.8. The van der Waals surface area contributed by atoms with Crippen molar-refractivity contribution in [3.8, 4) is 0 Å². The number of amides is 3. The zero-order valence-electron chi connectivity index (χ0n) is 14.6. The van der Waals surface area contributed by atoms with Crippen LogP contribution in [0.15, 0.2) is 72.8 Å². The van der Waals surface area contributed by atoms with Crippen LogP contribution in [0.3, 0.4) is 0 Å². The maximum atomic E-state index is 12.8. The third kappa shape index (κ3) is 2.89. The van der Waals surface area contributed by atoms with Gasteiger partial charge in [0.2, 0.25) is 0 Å². The molecule has 1 aliphatic heterocycles. The van der Waals surface area contributed by atoms with Crippen LogP contribution in [-0.4, -0.2) is 17.7 Å². The average molecular weight is 356 g/mol. The van der Waals surface area contributed by atoms with Crippen molar-refractivity contribution >= 4 is 29.1 Å². The fourth-order valence-corrected chi connectivity index (χ4v) is 3.10. The van der Waals surface area contributed by atoms with Crippen LogP contribution >= 0.6 is 0 Å². The Labute approximate surface area is 156 Å². The fraction of sp³-hybridized carbons (Fsp3) is 0.0455. The van der Waals surface area contributed by atoms with E-state index >= 15 is 0 Å². The van der Waals surface area contributed by atoms with Gasteiger partial charge in [-0.05, 0) is 48.9 Å². The number of nitrogens with zero attached hydrogens (tertiary/aromatic N) is 1. The van der Waals surface area contributed by atoms with Gasteiger partial charge in [-0.3, -0.25) is 14.4 Å². The fourth-order valence-electron chi connectivity index (χ4n) is 3.10. The molecule has 0 saturated heterocycles. The number of para-hydroxylation sites is 2. The third-order valence-corrected chi connectivity index (χ3v) is 4.56. The van der Waals surface area contributed by atoms with Gasteiger partial charge in [-0.2, -0.15) is 0 Å². The molecule has 0 bridgehead atoms. The molecule has 0 unspecified atom stereocenters. The molecule has 4 rings (SSSR count). The van der Waals surface area contributed by atoms with Gasteiger partial charge in [0.25, 0.3) is 17.7 Å². The van der Waals surface area contributed by atoms with Gasteiger partial charge in [-0.15, -0.1) is 0 Å². The molecule has 1 aliphatic rings. The number of anilines is 2. The Bertz CT molecular complexity index is 1070. The molecule has 5 heteroatoms. The highest BCUT2D eigenvalue weighted by molar-refractivity contribution is 6.34. The molecule has 0 aliphatic carbocycles. The smallest absolute Gasteiger partial charge is 0.266 e. The first-order chi connectivity index (χ1) is 13.1. The summed E-state index contributed by atoms with van der Waals surface area (Å²) in [5.41, 5.74) is 3.02. The first kappa shape index (κ1) is 16.7. The minimum Gasteiger partial charge on any atom is -0.322 e. The Morgan fingerprint density at radius 1 is 0.815 bits per heavy atom. The Morgan fingerprint density at radius 2 is 1.48 bits per heavy atom. The van der Waals surface area contributed by atoms with Crippen LogP contribution in [0, 0.1) is 6.92 Å². The summed E-state index contributed by atoms with van der Waals surface area (Å²) in [5.74, 6) is -1.13. The number of imide groups is 1. The summed E-state index contributed by atoms with van der Waals surface area (Å²) in [6.07, 6.45) is 0. The van der Waals surface area contributed by atoms with Crippen molar-refractivity contribution in [3.63, 3.8) is 0 Å². The summed E-state index contributed by atoms with van der Waals surface area (Å²) in [6.45, 7) is 1.90. The predicted molar refractivity (Wildman–Crippen MR) is 103 cm³/mol. The van der Waals surface area contributed by atoms with Crippen molar-refractivity contribution in [2.75, 3.05) is 10.2 Å². The van der Waals surface area contributed by atoms with Crippen LogP contribution in [0.2, 0.25) is 0 Å². The Morgan fingerprint density at radius 3 is 2.22 bits per heavy atom. The second-order valence-electron chi connectivity index (χ2n) is 6.31. The number of nitrogens with one attached hydrogen (secondary N) is 1. The van der Waals surface area contributed by atoms with Gasteiger partial charge in [0, 0.05) is 11.3 Å². The predicted octanol–water partition coefficient (Wildman–Crippen LogP) is 4.05. The van der Waals surface area contributed by atoms with Crippen molar-refractivity contribution in [1.82, 2.24) is 0 Å². The molecule has 0 atom stereocenters. The summed E-state index contributed by atoms with van der Waals surface area (Å²) in [7, 11) is 0. The summed E-state index contributed by atoms with van der Waals surface area (Å²) in [4.78, 5) is 39.1. The van der Waals surface area contributed by atoms with E-state index < -0.39 is 5.91 Å². The second kappa shape index (κ2) is 6.53. The second-order valence-corrected chi connectivity index (χ2v) is 6.31. The van der Waals surface area contributed by atoms with E-state index in [-0.39, 0.29) is 17.4 Å². The number of hydrogen-bond donors (Lipinski definition) is 1. The van der Waals surface area contributed by atoms with Crippen molar-refractivity contribution in [2.24, 2.45) is 0 Å². The summed E-state index contributed by atoms with van der Waals surface area (Å²) >= 11 is 0. The minimum atomic E-state index is -0.424. The highest BCUT2D eigenvalue weighted by atomic mass is 16.2. The van der Waals surface area contributed by atoms with E-state index in [1.165, 1.54) is 12.1 Å². The van der Waals surface area contributed by atoms with E-state index in [9.17, 15) is 14.4 Å². The van der Waals surface area contributed by atoms with Gasteiger partial charge in [0.1, 0.15) is 0 Å². The number of benzene rings is 3. The monoisotopic (exact) mass is 356 g/mol. The van der Waals surface area contributed by atoms with E-state index in [2.05, 4.69) is 5.32 Å². The van der Waals surface area contributed by atoms with Crippen molar-refractivity contribution in [1.29, 1.82) is 0 Å². The van der Waals surface area contributed by atoms with E-state index in [1.807, 2.05) is 37.3 Å². The Kier molecular flexibility index (Phi) is 4.05. The first-order valence-corrected chi connectivity index (χ1v) is 8.51. The number of hydrogen-bond acceptors (Lipinski definition) is 3. The third-order valence-electron chi connectivity index (χ3n) is 4.56. The molecule has 0 spiro atoms. The van der Waals surface area contributed by atoms with Crippen molar-refractivity contribution in [2.45, 2.75) is 6.92 Å². The van der Waals surface area contributed by atoms with Crippen molar-refractivity contribution < 1.29 is 14.4 Å². The van der Waals surface area contributed by atoms with Crippen LogP contribution in [0.4, 0.5) is 11.4 Å². The zero-order valence-corrected chi connectivity index (χ0v) is 14.6. The molecule has 3 amide bonds. The quantitative estimate of drug-likeness (QED) is 0.720. The Balaban J connectivity index is 1.65. The number of carbonyl (C=O) groups is 3. The molecule has 1 heterocycles. The van der Waals surface area contributed by atoms with Crippen LogP contribution < -0.4 is 10.2 Å². The first-order valence-electron chi connectivity index (χ1n) is 8.51. The van der Waals surface area contributed by atoms with E-state index in [1.54, 1.807) is 30.3 Å². The molecule has 3 aromatic rings. The Hall–Kier alpha value is -3.73. The highest BCUT2D eigenvalue weighted by Crippen LogP contribution is 2.29. The topological polar surface area (TPSA) is 66.5 Å². The molecule has 0 aromatic heterocycles. The van der Waals surface area contributed by atoms with Gasteiger partial charge in [0.15, 0.2) is 0 Å². The maximum Gasteiger partial charge on any atom is 0.266 e. The van der Waals surface area contributed by atoms with E-state index in [4.69, 9.17) is 0 Å². The molecule has 132 valence electrons. The zero-order chi connectivity index (χ0) is 19.0. The number of aryl methyl sites for hydroxylation is 1. The lowest BCUT2D eigenvalue weighted by molar-refractivity contribution is 0.0925. The van der Waals surface area contributed by atoms with Crippen LogP contribution in [-0.2, 0) is 0 Å². The highest BCUT2D eigenvalue weighted by Gasteiger charge is 2.37. The van der Waals surface area contributed by atoms with Gasteiger partial charge in [-0.25, -0.2) is 4.90 Å². The lowest BCUT2D eigenvalue weighted by Gasteiger charge is -2.13. The SMILES string of the molecule is Cc1ccccc1NC(=O)c1ccc2c(c1)C(=O)N(c1ccccc1)C2=O. The van der Waals surface area contributed by atoms with E-state index in [0.29, 0.717) is 22.5 Å². The number of rotatable bonds is 3. The molecule has 1 N–H and O–H groups in total.